The molecule has 2 N–H and O–H groups in total. The number of rotatable bonds is 4. The molecule has 2 aromatic rings. The van der Waals surface area contributed by atoms with Crippen molar-refractivity contribution in [2.24, 2.45) is 0 Å². The Morgan fingerprint density at radius 1 is 1.16 bits per heavy atom. The van der Waals surface area contributed by atoms with Gasteiger partial charge in [-0.25, -0.2) is 8.78 Å². The standard InChI is InChI=1S/C14H11F2NO2/c15-11-3-1-9(2-4-11)7-17-12-5-10(8-18)14(19)13(16)6-12/h1-6,8,17,19H,7H2. The molecule has 0 radical (unpaired) electrons. The van der Waals surface area contributed by atoms with E-state index in [0.29, 0.717) is 18.5 Å². The minimum Gasteiger partial charge on any atom is -0.504 e. The summed E-state index contributed by atoms with van der Waals surface area (Å²) in [4.78, 5) is 10.6. The molecule has 19 heavy (non-hydrogen) atoms. The summed E-state index contributed by atoms with van der Waals surface area (Å²) >= 11 is 0. The van der Waals surface area contributed by atoms with Crippen LogP contribution in [0.2, 0.25) is 0 Å². The Bertz CT molecular complexity index is 597. The molecule has 98 valence electrons. The summed E-state index contributed by atoms with van der Waals surface area (Å²) in [6, 6.07) is 8.27. The van der Waals surface area contributed by atoms with Gasteiger partial charge in [0, 0.05) is 18.3 Å². The molecule has 0 aliphatic rings. The molecular weight excluding hydrogens is 252 g/mol. The Morgan fingerprint density at radius 2 is 1.84 bits per heavy atom. The summed E-state index contributed by atoms with van der Waals surface area (Å²) in [5.41, 5.74) is 1.05. The van der Waals surface area contributed by atoms with Crippen LogP contribution in [-0.4, -0.2) is 11.4 Å². The Labute approximate surface area is 108 Å². The first-order chi connectivity index (χ1) is 9.10. The molecule has 0 aromatic heterocycles. The zero-order valence-corrected chi connectivity index (χ0v) is 9.86. The maximum absolute atomic E-state index is 13.3. The largest absolute Gasteiger partial charge is 0.504 e. The van der Waals surface area contributed by atoms with Crippen LogP contribution in [0.25, 0.3) is 0 Å². The lowest BCUT2D eigenvalue weighted by Crippen LogP contribution is -2.01. The minimum atomic E-state index is -0.869. The number of benzene rings is 2. The number of aromatic hydroxyl groups is 1. The third kappa shape index (κ3) is 3.07. The summed E-state index contributed by atoms with van der Waals surface area (Å²) in [5.74, 6) is -1.86. The fourth-order valence-electron chi connectivity index (χ4n) is 1.62. The highest BCUT2D eigenvalue weighted by atomic mass is 19.1. The zero-order valence-electron chi connectivity index (χ0n) is 9.86. The Hall–Kier alpha value is -2.43. The fraction of sp³-hybridized carbons (Fsp3) is 0.0714. The topological polar surface area (TPSA) is 49.3 Å². The lowest BCUT2D eigenvalue weighted by molar-refractivity contribution is 0.112. The van der Waals surface area contributed by atoms with Crippen LogP contribution in [0.4, 0.5) is 14.5 Å². The average Bonchev–Trinajstić information content (AvgIpc) is 2.41. The number of nitrogens with one attached hydrogen (secondary N) is 1. The smallest absolute Gasteiger partial charge is 0.167 e. The van der Waals surface area contributed by atoms with Gasteiger partial charge in [0.05, 0.1) is 5.56 Å². The molecular formula is C14H11F2NO2. The monoisotopic (exact) mass is 263 g/mol. The SMILES string of the molecule is O=Cc1cc(NCc2ccc(F)cc2)cc(F)c1O. The van der Waals surface area contributed by atoms with E-state index in [-0.39, 0.29) is 11.4 Å². The second kappa shape index (κ2) is 5.48. The Kier molecular flexibility index (Phi) is 3.75. The fourth-order valence-corrected chi connectivity index (χ4v) is 1.62. The summed E-state index contributed by atoms with van der Waals surface area (Å²) in [5, 5.41) is 12.2. The van der Waals surface area contributed by atoms with E-state index >= 15 is 0 Å². The Morgan fingerprint density at radius 3 is 2.47 bits per heavy atom. The highest BCUT2D eigenvalue weighted by Gasteiger charge is 2.09. The van der Waals surface area contributed by atoms with Crippen molar-refractivity contribution < 1.29 is 18.7 Å². The van der Waals surface area contributed by atoms with Gasteiger partial charge in [-0.2, -0.15) is 0 Å². The number of aldehydes is 1. The van der Waals surface area contributed by atoms with Gasteiger partial charge in [-0.15, -0.1) is 0 Å². The van der Waals surface area contributed by atoms with Crippen molar-refractivity contribution in [1.29, 1.82) is 0 Å². The summed E-state index contributed by atoms with van der Waals surface area (Å²) in [6.07, 6.45) is 0.376. The van der Waals surface area contributed by atoms with E-state index in [1.165, 1.54) is 18.2 Å². The third-order valence-corrected chi connectivity index (χ3v) is 2.63. The van der Waals surface area contributed by atoms with Gasteiger partial charge in [0.25, 0.3) is 0 Å². The second-order valence-corrected chi connectivity index (χ2v) is 3.99. The lowest BCUT2D eigenvalue weighted by Gasteiger charge is -2.08. The molecule has 0 saturated carbocycles. The number of halogens is 2. The van der Waals surface area contributed by atoms with Gasteiger partial charge in [0.15, 0.2) is 17.9 Å². The molecule has 0 fully saturated rings. The average molecular weight is 263 g/mol. The van der Waals surface area contributed by atoms with Crippen molar-refractivity contribution in [3.05, 3.63) is 59.2 Å². The Balaban J connectivity index is 2.13. The third-order valence-electron chi connectivity index (χ3n) is 2.63. The minimum absolute atomic E-state index is 0.124. The number of phenolic OH excluding ortho intramolecular Hbond substituents is 1. The molecule has 0 aliphatic heterocycles. The van der Waals surface area contributed by atoms with Gasteiger partial charge in [-0.05, 0) is 23.8 Å². The van der Waals surface area contributed by atoms with Crippen LogP contribution >= 0.6 is 0 Å². The molecule has 0 bridgehead atoms. The van der Waals surface area contributed by atoms with Gasteiger partial charge in [-0.1, -0.05) is 12.1 Å². The number of carbonyl (C=O) groups is 1. The van der Waals surface area contributed by atoms with Crippen molar-refractivity contribution in [3.63, 3.8) is 0 Å². The van der Waals surface area contributed by atoms with Gasteiger partial charge in [0.1, 0.15) is 5.82 Å². The lowest BCUT2D eigenvalue weighted by atomic mass is 10.1. The number of hydrogen-bond acceptors (Lipinski definition) is 3. The normalized spacial score (nSPS) is 10.2. The van der Waals surface area contributed by atoms with E-state index in [1.54, 1.807) is 12.1 Å². The summed E-state index contributed by atoms with van der Waals surface area (Å²) in [7, 11) is 0. The van der Waals surface area contributed by atoms with Crippen molar-refractivity contribution in [2.45, 2.75) is 6.54 Å². The van der Waals surface area contributed by atoms with Crippen LogP contribution in [0.3, 0.4) is 0 Å². The highest BCUT2D eigenvalue weighted by Crippen LogP contribution is 2.24. The van der Waals surface area contributed by atoms with Gasteiger partial charge < -0.3 is 10.4 Å². The maximum atomic E-state index is 13.3. The molecule has 2 aromatic carbocycles. The predicted molar refractivity (Wildman–Crippen MR) is 67.2 cm³/mol. The highest BCUT2D eigenvalue weighted by molar-refractivity contribution is 5.81. The van der Waals surface area contributed by atoms with Crippen LogP contribution in [0, 0.1) is 11.6 Å². The van der Waals surface area contributed by atoms with E-state index in [9.17, 15) is 18.7 Å². The summed E-state index contributed by atoms with van der Waals surface area (Å²) in [6.45, 7) is 0.350. The molecule has 5 heteroatoms. The molecule has 3 nitrogen and oxygen atoms in total. The molecule has 0 heterocycles. The number of hydrogen-bond donors (Lipinski definition) is 2. The molecule has 2 rings (SSSR count). The van der Waals surface area contributed by atoms with E-state index in [4.69, 9.17) is 0 Å². The number of phenols is 1. The molecule has 0 saturated heterocycles. The van der Waals surface area contributed by atoms with Crippen LogP contribution < -0.4 is 5.32 Å². The van der Waals surface area contributed by atoms with Crippen molar-refractivity contribution in [3.8, 4) is 5.75 Å². The van der Waals surface area contributed by atoms with Crippen molar-refractivity contribution in [2.75, 3.05) is 5.32 Å². The van der Waals surface area contributed by atoms with Crippen molar-refractivity contribution >= 4 is 12.0 Å². The maximum Gasteiger partial charge on any atom is 0.167 e. The van der Waals surface area contributed by atoms with E-state index < -0.39 is 11.6 Å². The van der Waals surface area contributed by atoms with Crippen molar-refractivity contribution in [1.82, 2.24) is 0 Å². The second-order valence-electron chi connectivity index (χ2n) is 3.99. The van der Waals surface area contributed by atoms with Gasteiger partial charge >= 0.3 is 0 Å². The predicted octanol–water partition coefficient (Wildman–Crippen LogP) is 3.10. The first-order valence-electron chi connectivity index (χ1n) is 5.56. The van der Waals surface area contributed by atoms with E-state index in [1.807, 2.05) is 0 Å². The zero-order chi connectivity index (χ0) is 13.8. The van der Waals surface area contributed by atoms with E-state index in [2.05, 4.69) is 5.32 Å². The quantitative estimate of drug-likeness (QED) is 0.658. The van der Waals surface area contributed by atoms with Gasteiger partial charge in [0.2, 0.25) is 0 Å². The number of carbonyl (C=O) groups excluding carboxylic acids is 1. The van der Waals surface area contributed by atoms with Gasteiger partial charge in [-0.3, -0.25) is 4.79 Å². The molecule has 0 aliphatic carbocycles. The number of anilines is 1. The first-order valence-corrected chi connectivity index (χ1v) is 5.56. The molecule has 0 unspecified atom stereocenters. The van der Waals surface area contributed by atoms with Crippen LogP contribution in [0.15, 0.2) is 36.4 Å². The molecule has 0 spiro atoms. The van der Waals surface area contributed by atoms with Crippen LogP contribution in [0.1, 0.15) is 15.9 Å². The first kappa shape index (κ1) is 13.0. The van der Waals surface area contributed by atoms with Crippen LogP contribution in [-0.2, 0) is 6.54 Å². The molecule has 0 amide bonds. The van der Waals surface area contributed by atoms with Crippen LogP contribution in [0.5, 0.6) is 5.75 Å². The summed E-state index contributed by atoms with van der Waals surface area (Å²) < 4.78 is 26.0. The van der Waals surface area contributed by atoms with E-state index in [0.717, 1.165) is 11.6 Å². The molecule has 0 atom stereocenters.